The summed E-state index contributed by atoms with van der Waals surface area (Å²) in [5, 5.41) is 12.3. The van der Waals surface area contributed by atoms with Crippen molar-refractivity contribution >= 4 is 40.8 Å². The average molecular weight is 362 g/mol. The van der Waals surface area contributed by atoms with Gasteiger partial charge in [-0.1, -0.05) is 37.0 Å². The molecular formula is C16H21Cl2NO4. The minimum Gasteiger partial charge on any atom is -0.489 e. The number of carbonyl (C=O) groups excluding carboxylic acids is 1. The van der Waals surface area contributed by atoms with E-state index in [-0.39, 0.29) is 23.5 Å². The van der Waals surface area contributed by atoms with Gasteiger partial charge in [-0.15, -0.1) is 0 Å². The number of benzene rings is 1. The molecule has 0 saturated carbocycles. The number of nitrogens with one attached hydrogen (secondary N) is 1. The molecule has 0 bridgehead atoms. The van der Waals surface area contributed by atoms with E-state index in [1.165, 1.54) is 6.07 Å². The van der Waals surface area contributed by atoms with Crippen molar-refractivity contribution in [1.82, 2.24) is 0 Å². The fraction of sp³-hybridized carbons (Fsp3) is 0.500. The minimum atomic E-state index is -0.929. The standard InChI is InChI=1S/C16H21Cl2NO4/c1-8(2)23-14-7-13(11(17)6-12(14)18)19-15(20)9(3)5-10(4)16(21)22/h6-10H,5H2,1-4H3,(H,19,20)(H,21,22). The maximum absolute atomic E-state index is 12.2. The summed E-state index contributed by atoms with van der Waals surface area (Å²) < 4.78 is 5.56. The summed E-state index contributed by atoms with van der Waals surface area (Å²) >= 11 is 12.2. The van der Waals surface area contributed by atoms with Crippen molar-refractivity contribution in [3.8, 4) is 5.75 Å². The van der Waals surface area contributed by atoms with Gasteiger partial charge in [-0.25, -0.2) is 0 Å². The van der Waals surface area contributed by atoms with Crippen LogP contribution in [0.3, 0.4) is 0 Å². The molecular weight excluding hydrogens is 341 g/mol. The number of anilines is 1. The number of aliphatic carboxylic acids is 1. The monoisotopic (exact) mass is 361 g/mol. The van der Waals surface area contributed by atoms with Crippen LogP contribution in [-0.4, -0.2) is 23.1 Å². The molecule has 7 heteroatoms. The second kappa shape index (κ2) is 8.41. The van der Waals surface area contributed by atoms with Gasteiger partial charge in [0, 0.05) is 12.0 Å². The summed E-state index contributed by atoms with van der Waals surface area (Å²) in [5.74, 6) is -1.88. The third kappa shape index (κ3) is 5.92. The second-order valence-electron chi connectivity index (χ2n) is 5.79. The van der Waals surface area contributed by atoms with Crippen LogP contribution in [0.25, 0.3) is 0 Å². The van der Waals surface area contributed by atoms with Gasteiger partial charge in [0.15, 0.2) is 0 Å². The van der Waals surface area contributed by atoms with Gasteiger partial charge in [0.25, 0.3) is 0 Å². The van der Waals surface area contributed by atoms with Crippen LogP contribution in [0, 0.1) is 11.8 Å². The lowest BCUT2D eigenvalue weighted by atomic mass is 9.97. The molecule has 0 aliphatic carbocycles. The number of ether oxygens (including phenoxy) is 1. The molecule has 2 unspecified atom stereocenters. The molecule has 0 saturated heterocycles. The largest absolute Gasteiger partial charge is 0.489 e. The van der Waals surface area contributed by atoms with Gasteiger partial charge in [-0.3, -0.25) is 9.59 Å². The smallest absolute Gasteiger partial charge is 0.306 e. The molecule has 0 spiro atoms. The quantitative estimate of drug-likeness (QED) is 0.751. The van der Waals surface area contributed by atoms with Crippen molar-refractivity contribution < 1.29 is 19.4 Å². The van der Waals surface area contributed by atoms with E-state index in [4.69, 9.17) is 33.0 Å². The number of halogens is 2. The van der Waals surface area contributed by atoms with Crippen molar-refractivity contribution in [2.45, 2.75) is 40.2 Å². The van der Waals surface area contributed by atoms with Crippen LogP contribution in [-0.2, 0) is 9.59 Å². The molecule has 0 heterocycles. The van der Waals surface area contributed by atoms with Crippen LogP contribution in [0.15, 0.2) is 12.1 Å². The maximum atomic E-state index is 12.2. The average Bonchev–Trinajstić information content (AvgIpc) is 2.43. The lowest BCUT2D eigenvalue weighted by Crippen LogP contribution is -2.24. The lowest BCUT2D eigenvalue weighted by Gasteiger charge is -2.17. The van der Waals surface area contributed by atoms with E-state index in [1.807, 2.05) is 13.8 Å². The number of rotatable bonds is 7. The predicted octanol–water partition coefficient (Wildman–Crippen LogP) is 4.47. The number of hydrogen-bond acceptors (Lipinski definition) is 3. The van der Waals surface area contributed by atoms with E-state index in [2.05, 4.69) is 5.32 Å². The SMILES string of the molecule is CC(C)Oc1cc(NC(=O)C(C)CC(C)C(=O)O)c(Cl)cc1Cl. The van der Waals surface area contributed by atoms with E-state index in [0.717, 1.165) is 0 Å². The summed E-state index contributed by atoms with van der Waals surface area (Å²) in [6.07, 6.45) is 0.161. The van der Waals surface area contributed by atoms with Crippen molar-refractivity contribution in [3.05, 3.63) is 22.2 Å². The van der Waals surface area contributed by atoms with E-state index >= 15 is 0 Å². The highest BCUT2D eigenvalue weighted by atomic mass is 35.5. The Morgan fingerprint density at radius 2 is 1.74 bits per heavy atom. The molecule has 5 nitrogen and oxygen atoms in total. The molecule has 0 radical (unpaired) electrons. The molecule has 1 aromatic carbocycles. The summed E-state index contributed by atoms with van der Waals surface area (Å²) in [7, 11) is 0. The molecule has 128 valence electrons. The first-order valence-corrected chi connectivity index (χ1v) is 8.06. The molecule has 0 fully saturated rings. The van der Waals surface area contributed by atoms with Crippen LogP contribution in [0.1, 0.15) is 34.1 Å². The second-order valence-corrected chi connectivity index (χ2v) is 6.61. The Balaban J connectivity index is 2.87. The van der Waals surface area contributed by atoms with Crippen LogP contribution >= 0.6 is 23.2 Å². The Hall–Kier alpha value is -1.46. The Morgan fingerprint density at radius 3 is 2.26 bits per heavy atom. The fourth-order valence-corrected chi connectivity index (χ4v) is 2.44. The van der Waals surface area contributed by atoms with E-state index < -0.39 is 17.8 Å². The summed E-state index contributed by atoms with van der Waals surface area (Å²) in [6, 6.07) is 3.07. The zero-order chi connectivity index (χ0) is 17.7. The summed E-state index contributed by atoms with van der Waals surface area (Å²) in [4.78, 5) is 23.1. The zero-order valence-electron chi connectivity index (χ0n) is 13.5. The fourth-order valence-electron chi connectivity index (χ4n) is 1.96. The van der Waals surface area contributed by atoms with Crippen molar-refractivity contribution in [2.24, 2.45) is 11.8 Å². The predicted molar refractivity (Wildman–Crippen MR) is 91.4 cm³/mol. The Labute approximate surface area is 145 Å². The number of carbonyl (C=O) groups is 2. The van der Waals surface area contributed by atoms with Gasteiger partial charge in [0.2, 0.25) is 5.91 Å². The molecule has 1 aromatic rings. The van der Waals surface area contributed by atoms with Gasteiger partial charge < -0.3 is 15.2 Å². The van der Waals surface area contributed by atoms with Crippen molar-refractivity contribution in [1.29, 1.82) is 0 Å². The Kier molecular flexibility index (Phi) is 7.16. The summed E-state index contributed by atoms with van der Waals surface area (Å²) in [5.41, 5.74) is 0.381. The molecule has 1 rings (SSSR count). The zero-order valence-corrected chi connectivity index (χ0v) is 15.0. The molecule has 23 heavy (non-hydrogen) atoms. The van der Waals surface area contributed by atoms with Crippen LogP contribution < -0.4 is 10.1 Å². The van der Waals surface area contributed by atoms with Gasteiger partial charge in [0.1, 0.15) is 5.75 Å². The summed E-state index contributed by atoms with van der Waals surface area (Å²) in [6.45, 7) is 6.96. The van der Waals surface area contributed by atoms with E-state index in [1.54, 1.807) is 19.9 Å². The van der Waals surface area contributed by atoms with E-state index in [0.29, 0.717) is 16.5 Å². The Morgan fingerprint density at radius 1 is 1.13 bits per heavy atom. The molecule has 2 N–H and O–H groups in total. The third-order valence-corrected chi connectivity index (χ3v) is 3.83. The third-order valence-electron chi connectivity index (χ3n) is 3.22. The van der Waals surface area contributed by atoms with Gasteiger partial charge >= 0.3 is 5.97 Å². The lowest BCUT2D eigenvalue weighted by molar-refractivity contribution is -0.141. The minimum absolute atomic E-state index is 0.0763. The number of hydrogen-bond donors (Lipinski definition) is 2. The van der Waals surface area contributed by atoms with Gasteiger partial charge in [-0.05, 0) is 26.3 Å². The van der Waals surface area contributed by atoms with Gasteiger partial charge in [0.05, 0.1) is 27.8 Å². The maximum Gasteiger partial charge on any atom is 0.306 e. The van der Waals surface area contributed by atoms with Gasteiger partial charge in [-0.2, -0.15) is 0 Å². The van der Waals surface area contributed by atoms with Crippen molar-refractivity contribution in [2.75, 3.05) is 5.32 Å². The number of carboxylic acid groups (broad SMARTS) is 1. The van der Waals surface area contributed by atoms with Crippen LogP contribution in [0.2, 0.25) is 10.0 Å². The topological polar surface area (TPSA) is 75.6 Å². The highest BCUT2D eigenvalue weighted by Crippen LogP contribution is 2.35. The first kappa shape index (κ1) is 19.6. The first-order chi connectivity index (χ1) is 10.6. The molecule has 0 aliphatic heterocycles. The molecule has 0 aliphatic rings. The number of carboxylic acids is 1. The Bertz CT molecular complexity index is 590. The molecule has 0 aromatic heterocycles. The van der Waals surface area contributed by atoms with Crippen LogP contribution in [0.5, 0.6) is 5.75 Å². The highest BCUT2D eigenvalue weighted by Gasteiger charge is 2.21. The first-order valence-electron chi connectivity index (χ1n) is 7.31. The van der Waals surface area contributed by atoms with Crippen molar-refractivity contribution in [3.63, 3.8) is 0 Å². The molecule has 1 amide bonds. The molecule has 2 atom stereocenters. The normalized spacial score (nSPS) is 13.5. The number of amides is 1. The van der Waals surface area contributed by atoms with E-state index in [9.17, 15) is 9.59 Å². The van der Waals surface area contributed by atoms with Crippen LogP contribution in [0.4, 0.5) is 5.69 Å². The highest BCUT2D eigenvalue weighted by molar-refractivity contribution is 6.37.